The number of carboxylic acid groups (broad SMARTS) is 1. The lowest BCUT2D eigenvalue weighted by atomic mass is 9.79. The summed E-state index contributed by atoms with van der Waals surface area (Å²) >= 11 is 0. The third kappa shape index (κ3) is 2.38. The van der Waals surface area contributed by atoms with E-state index in [0.29, 0.717) is 0 Å². The number of fused-ring (bicyclic) bond motifs is 2. The quantitative estimate of drug-likeness (QED) is 0.376. The van der Waals surface area contributed by atoms with Gasteiger partial charge in [0.15, 0.2) is 5.78 Å². The van der Waals surface area contributed by atoms with Crippen LogP contribution in [0, 0.1) is 0 Å². The van der Waals surface area contributed by atoms with Crippen molar-refractivity contribution in [3.05, 3.63) is 58.1 Å². The predicted octanol–water partition coefficient (Wildman–Crippen LogP) is 0.0693. The minimum Gasteiger partial charge on any atom is -0.507 e. The molecule has 0 radical (unpaired) electrons. The van der Waals surface area contributed by atoms with E-state index in [2.05, 4.69) is 0 Å². The summed E-state index contributed by atoms with van der Waals surface area (Å²) < 4.78 is 4.86. The second-order valence-electron chi connectivity index (χ2n) is 5.53. The van der Waals surface area contributed by atoms with Gasteiger partial charge in [0.25, 0.3) is 5.79 Å². The number of phenolic OH excluding ortho intramolecular Hbond substituents is 2. The van der Waals surface area contributed by atoms with E-state index in [1.54, 1.807) is 0 Å². The van der Waals surface area contributed by atoms with Gasteiger partial charge in [0.05, 0.1) is 16.7 Å². The van der Waals surface area contributed by atoms with Gasteiger partial charge in [0.1, 0.15) is 18.1 Å². The van der Waals surface area contributed by atoms with Gasteiger partial charge in [-0.15, -0.1) is 0 Å². The number of hydrogen-bond acceptors (Lipinski definition) is 8. The molecule has 0 fully saturated rings. The Morgan fingerprint density at radius 3 is 2.42 bits per heavy atom. The smallest absolute Gasteiger partial charge is 0.335 e. The number of carboxylic acids is 1. The lowest BCUT2D eigenvalue weighted by molar-refractivity contribution is -0.201. The molecule has 1 unspecified atom stereocenters. The van der Waals surface area contributed by atoms with E-state index >= 15 is 0 Å². The molecule has 9 heteroatoms. The fourth-order valence-corrected chi connectivity index (χ4v) is 2.92. The molecule has 1 atom stereocenters. The Kier molecular flexibility index (Phi) is 3.90. The zero-order valence-electron chi connectivity index (χ0n) is 13.0. The van der Waals surface area contributed by atoms with E-state index in [4.69, 9.17) is 14.9 Å². The molecule has 0 aliphatic heterocycles. The Morgan fingerprint density at radius 2 is 1.81 bits per heavy atom. The molecule has 1 aliphatic carbocycles. The van der Waals surface area contributed by atoms with Crippen molar-refractivity contribution in [2.45, 2.75) is 5.79 Å². The number of hydrogen-bond donors (Lipinski definition) is 5. The molecule has 2 aromatic rings. The molecular weight excluding hydrogens is 348 g/mol. The molecule has 0 saturated carbocycles. The van der Waals surface area contributed by atoms with Gasteiger partial charge in [0, 0.05) is 11.1 Å². The number of phenols is 2. The highest BCUT2D eigenvalue weighted by Gasteiger charge is 2.49. The normalized spacial score (nSPS) is 18.0. The first-order chi connectivity index (χ1) is 12.2. The van der Waals surface area contributed by atoms with E-state index in [-0.39, 0.29) is 5.56 Å². The number of benzene rings is 2. The van der Waals surface area contributed by atoms with Crippen molar-refractivity contribution in [2.75, 3.05) is 6.61 Å². The van der Waals surface area contributed by atoms with Crippen LogP contribution in [0.2, 0.25) is 0 Å². The van der Waals surface area contributed by atoms with E-state index in [1.807, 2.05) is 0 Å². The summed E-state index contributed by atoms with van der Waals surface area (Å²) in [6.45, 7) is -1.10. The predicted molar refractivity (Wildman–Crippen MR) is 82.8 cm³/mol. The molecule has 134 valence electrons. The Balaban J connectivity index is 2.39. The number of ether oxygens (including phenoxy) is 1. The summed E-state index contributed by atoms with van der Waals surface area (Å²) in [4.78, 5) is 35.5. The number of rotatable bonds is 3. The van der Waals surface area contributed by atoms with Crippen LogP contribution in [0.15, 0.2) is 30.3 Å². The first-order valence-electron chi connectivity index (χ1n) is 7.23. The lowest BCUT2D eigenvalue weighted by Gasteiger charge is -2.35. The van der Waals surface area contributed by atoms with Gasteiger partial charge in [-0.1, -0.05) is 12.1 Å². The molecule has 1 aliphatic rings. The highest BCUT2D eigenvalue weighted by Crippen LogP contribution is 2.47. The van der Waals surface area contributed by atoms with E-state index in [1.165, 1.54) is 12.1 Å². The summed E-state index contributed by atoms with van der Waals surface area (Å²) in [6, 6.07) is 5.27. The average Bonchev–Trinajstić information content (AvgIpc) is 2.58. The standard InChI is InChI=1S/C17H12O9/c18-6-12(21)26-17(25)9-2-1-3-10(19)13(9)15(22)8-4-7(16(23)24)5-11(20)14(8)17/h1-5,18-20,25H,6H2,(H,23,24). The summed E-state index contributed by atoms with van der Waals surface area (Å²) in [5.41, 5.74) is -2.24. The van der Waals surface area contributed by atoms with Crippen molar-refractivity contribution in [1.29, 1.82) is 0 Å². The molecule has 3 rings (SSSR count). The summed E-state index contributed by atoms with van der Waals surface area (Å²) in [7, 11) is 0. The minimum atomic E-state index is -2.72. The Morgan fingerprint density at radius 1 is 1.12 bits per heavy atom. The Labute approximate surface area is 145 Å². The first kappa shape index (κ1) is 17.4. The number of aromatic hydroxyl groups is 2. The van der Waals surface area contributed by atoms with Crippen LogP contribution in [-0.2, 0) is 15.3 Å². The Hall–Kier alpha value is -3.43. The molecule has 0 aromatic heterocycles. The number of carbonyl (C=O) groups excluding carboxylic acids is 2. The zero-order chi connectivity index (χ0) is 19.2. The number of aliphatic hydroxyl groups excluding tert-OH is 1. The molecule has 5 N–H and O–H groups in total. The van der Waals surface area contributed by atoms with Gasteiger partial charge < -0.3 is 30.3 Å². The van der Waals surface area contributed by atoms with Crippen LogP contribution in [0.4, 0.5) is 0 Å². The van der Waals surface area contributed by atoms with Crippen LogP contribution < -0.4 is 0 Å². The van der Waals surface area contributed by atoms with E-state index < -0.39 is 63.9 Å². The molecule has 0 amide bonds. The van der Waals surface area contributed by atoms with Gasteiger partial charge in [-0.05, 0) is 18.2 Å². The van der Waals surface area contributed by atoms with Crippen molar-refractivity contribution in [3.63, 3.8) is 0 Å². The van der Waals surface area contributed by atoms with Crippen molar-refractivity contribution in [1.82, 2.24) is 0 Å². The van der Waals surface area contributed by atoms with Gasteiger partial charge in [-0.2, -0.15) is 0 Å². The maximum Gasteiger partial charge on any atom is 0.335 e. The van der Waals surface area contributed by atoms with E-state index in [9.17, 15) is 29.7 Å². The van der Waals surface area contributed by atoms with Crippen molar-refractivity contribution >= 4 is 17.7 Å². The number of aromatic carboxylic acids is 1. The summed E-state index contributed by atoms with van der Waals surface area (Å²) in [6.07, 6.45) is 0. The molecule has 0 saturated heterocycles. The minimum absolute atomic E-state index is 0.338. The van der Waals surface area contributed by atoms with Crippen molar-refractivity contribution in [2.24, 2.45) is 0 Å². The number of aliphatic hydroxyl groups is 2. The average molecular weight is 360 g/mol. The summed E-state index contributed by atoms with van der Waals surface area (Å²) in [5, 5.41) is 49.3. The van der Waals surface area contributed by atoms with Crippen LogP contribution in [0.1, 0.15) is 37.4 Å². The second kappa shape index (κ2) is 5.83. The van der Waals surface area contributed by atoms with Crippen molar-refractivity contribution in [3.8, 4) is 11.5 Å². The third-order valence-electron chi connectivity index (χ3n) is 3.97. The monoisotopic (exact) mass is 360 g/mol. The summed E-state index contributed by atoms with van der Waals surface area (Å²) in [5.74, 6) is -7.68. The highest BCUT2D eigenvalue weighted by molar-refractivity contribution is 6.15. The molecular formula is C17H12O9. The fraction of sp³-hybridized carbons (Fsp3) is 0.118. The maximum atomic E-state index is 12.7. The van der Waals surface area contributed by atoms with Crippen molar-refractivity contribution < 1.29 is 44.7 Å². The van der Waals surface area contributed by atoms with Crippen LogP contribution in [0.25, 0.3) is 0 Å². The van der Waals surface area contributed by atoms with Crippen LogP contribution in [-0.4, -0.2) is 49.9 Å². The molecule has 0 bridgehead atoms. The van der Waals surface area contributed by atoms with Crippen LogP contribution in [0.5, 0.6) is 11.5 Å². The van der Waals surface area contributed by atoms with Crippen LogP contribution >= 0.6 is 0 Å². The number of esters is 1. The zero-order valence-corrected chi connectivity index (χ0v) is 13.0. The molecule has 2 aromatic carbocycles. The van der Waals surface area contributed by atoms with Crippen LogP contribution in [0.3, 0.4) is 0 Å². The Bertz CT molecular complexity index is 963. The molecule has 0 heterocycles. The van der Waals surface area contributed by atoms with Gasteiger partial charge in [-0.3, -0.25) is 4.79 Å². The highest BCUT2D eigenvalue weighted by atomic mass is 16.7. The van der Waals surface area contributed by atoms with Gasteiger partial charge >= 0.3 is 11.9 Å². The second-order valence-corrected chi connectivity index (χ2v) is 5.53. The van der Waals surface area contributed by atoms with Gasteiger partial charge in [0.2, 0.25) is 0 Å². The first-order valence-corrected chi connectivity index (χ1v) is 7.23. The number of ketones is 1. The van der Waals surface area contributed by atoms with Gasteiger partial charge in [-0.25, -0.2) is 9.59 Å². The van der Waals surface area contributed by atoms with E-state index in [0.717, 1.165) is 18.2 Å². The SMILES string of the molecule is O=C(CO)OC1(O)c2cccc(O)c2C(=O)c2cc(C(=O)O)cc(O)c21. The molecule has 9 nitrogen and oxygen atoms in total. The lowest BCUT2D eigenvalue weighted by Crippen LogP contribution is -2.40. The molecule has 26 heavy (non-hydrogen) atoms. The fourth-order valence-electron chi connectivity index (χ4n) is 2.92. The largest absolute Gasteiger partial charge is 0.507 e. The number of carbonyl (C=O) groups is 3. The topological polar surface area (TPSA) is 162 Å². The third-order valence-corrected chi connectivity index (χ3v) is 3.97. The maximum absolute atomic E-state index is 12.7. The molecule has 0 spiro atoms.